The van der Waals surface area contributed by atoms with E-state index < -0.39 is 23.1 Å². The van der Waals surface area contributed by atoms with E-state index in [1.54, 1.807) is 18.2 Å². The second-order valence-electron chi connectivity index (χ2n) is 6.61. The summed E-state index contributed by atoms with van der Waals surface area (Å²) in [5.41, 5.74) is 0.171. The second kappa shape index (κ2) is 8.37. The number of thioether (sulfide) groups is 1. The maximum atomic E-state index is 12.7. The molecule has 1 saturated heterocycles. The summed E-state index contributed by atoms with van der Waals surface area (Å²) in [5.74, 6) is -2.67. The summed E-state index contributed by atoms with van der Waals surface area (Å²) < 4.78 is 5.67. The molecule has 0 spiro atoms. The standard InChI is InChI=1S/C22H12ClNO7S/c23-14-2-1-3-15(9-14)24-19(25)18(32-22(24)30)10-16-4-5-17(31-16)11-6-12(20(26)27)8-13(7-11)21(28)29/h1-10H,(H,26,27)(H,28,29)/b18-10-. The quantitative estimate of drug-likeness (QED) is 0.486. The first kappa shape index (κ1) is 21.4. The molecular weight excluding hydrogens is 458 g/mol. The van der Waals surface area contributed by atoms with Crippen LogP contribution >= 0.6 is 23.4 Å². The zero-order chi connectivity index (χ0) is 23.0. The van der Waals surface area contributed by atoms with Gasteiger partial charge in [-0.2, -0.15) is 0 Å². The zero-order valence-corrected chi connectivity index (χ0v) is 17.5. The predicted molar refractivity (Wildman–Crippen MR) is 118 cm³/mol. The van der Waals surface area contributed by atoms with Crippen LogP contribution in [0, 0.1) is 0 Å². The van der Waals surface area contributed by atoms with E-state index in [0.29, 0.717) is 10.7 Å². The summed E-state index contributed by atoms with van der Waals surface area (Å²) >= 11 is 6.68. The highest BCUT2D eigenvalue weighted by Crippen LogP contribution is 2.37. The first-order valence-corrected chi connectivity index (χ1v) is 10.2. The van der Waals surface area contributed by atoms with Gasteiger partial charge in [-0.1, -0.05) is 17.7 Å². The Bertz CT molecular complexity index is 1300. The van der Waals surface area contributed by atoms with Gasteiger partial charge in [0, 0.05) is 16.7 Å². The number of anilines is 1. The summed E-state index contributed by atoms with van der Waals surface area (Å²) in [7, 11) is 0. The molecule has 4 rings (SSSR count). The Morgan fingerprint density at radius 1 is 0.969 bits per heavy atom. The number of amides is 2. The van der Waals surface area contributed by atoms with E-state index in [2.05, 4.69) is 0 Å². The number of hydrogen-bond acceptors (Lipinski definition) is 6. The Labute approximate surface area is 189 Å². The van der Waals surface area contributed by atoms with Crippen LogP contribution in [0.4, 0.5) is 10.5 Å². The van der Waals surface area contributed by atoms with Crippen molar-refractivity contribution in [1.82, 2.24) is 0 Å². The summed E-state index contributed by atoms with van der Waals surface area (Å²) in [6.07, 6.45) is 1.39. The van der Waals surface area contributed by atoms with Crippen molar-refractivity contribution in [2.75, 3.05) is 4.90 Å². The number of imide groups is 1. The monoisotopic (exact) mass is 469 g/mol. The summed E-state index contributed by atoms with van der Waals surface area (Å²) in [5, 5.41) is 18.3. The largest absolute Gasteiger partial charge is 0.478 e. The molecule has 2 heterocycles. The van der Waals surface area contributed by atoms with Gasteiger partial charge in [0.25, 0.3) is 11.1 Å². The number of hydrogen-bond donors (Lipinski definition) is 2. The zero-order valence-electron chi connectivity index (χ0n) is 15.9. The van der Waals surface area contributed by atoms with Crippen molar-refractivity contribution < 1.29 is 33.8 Å². The van der Waals surface area contributed by atoms with Crippen LogP contribution in [0.2, 0.25) is 5.02 Å². The van der Waals surface area contributed by atoms with Gasteiger partial charge in [0.2, 0.25) is 0 Å². The van der Waals surface area contributed by atoms with Crippen LogP contribution in [-0.2, 0) is 4.79 Å². The van der Waals surface area contributed by atoms with Gasteiger partial charge < -0.3 is 14.6 Å². The SMILES string of the molecule is O=C(O)c1cc(C(=O)O)cc(-c2ccc(/C=C3\SC(=O)N(c4cccc(Cl)c4)C3=O)o2)c1. The molecule has 0 bridgehead atoms. The second-order valence-corrected chi connectivity index (χ2v) is 8.04. The number of furan rings is 1. The maximum Gasteiger partial charge on any atom is 0.335 e. The highest BCUT2D eigenvalue weighted by atomic mass is 35.5. The molecule has 8 nitrogen and oxygen atoms in total. The van der Waals surface area contributed by atoms with Crippen molar-refractivity contribution in [1.29, 1.82) is 0 Å². The van der Waals surface area contributed by atoms with Crippen LogP contribution in [0.25, 0.3) is 17.4 Å². The average Bonchev–Trinajstić information content (AvgIpc) is 3.32. The Hall–Kier alpha value is -3.82. The van der Waals surface area contributed by atoms with E-state index in [-0.39, 0.29) is 33.1 Å². The molecule has 1 aromatic heterocycles. The molecule has 2 amide bonds. The number of halogens is 1. The lowest BCUT2D eigenvalue weighted by molar-refractivity contribution is -0.113. The minimum atomic E-state index is -1.28. The number of aromatic carboxylic acids is 2. The molecule has 2 aromatic carbocycles. The Morgan fingerprint density at radius 2 is 1.66 bits per heavy atom. The van der Waals surface area contributed by atoms with Gasteiger partial charge in [-0.05, 0) is 60.3 Å². The predicted octanol–water partition coefficient (Wildman–Crippen LogP) is 5.24. The van der Waals surface area contributed by atoms with Crippen molar-refractivity contribution in [2.45, 2.75) is 0 Å². The topological polar surface area (TPSA) is 125 Å². The summed E-state index contributed by atoms with van der Waals surface area (Å²) in [4.78, 5) is 48.9. The molecule has 1 fully saturated rings. The van der Waals surface area contributed by atoms with Crippen molar-refractivity contribution in [3.63, 3.8) is 0 Å². The fourth-order valence-corrected chi connectivity index (χ4v) is 4.04. The van der Waals surface area contributed by atoms with Gasteiger partial charge in [-0.25, -0.2) is 14.5 Å². The fourth-order valence-electron chi connectivity index (χ4n) is 3.04. The lowest BCUT2D eigenvalue weighted by atomic mass is 10.0. The fraction of sp³-hybridized carbons (Fsp3) is 0. The number of carboxylic acids is 2. The maximum absolute atomic E-state index is 12.7. The minimum Gasteiger partial charge on any atom is -0.478 e. The van der Waals surface area contributed by atoms with Crippen LogP contribution in [-0.4, -0.2) is 33.3 Å². The molecule has 32 heavy (non-hydrogen) atoms. The van der Waals surface area contributed by atoms with Crippen molar-refractivity contribution >= 4 is 58.2 Å². The van der Waals surface area contributed by atoms with Crippen LogP contribution in [0.3, 0.4) is 0 Å². The Kier molecular flexibility index (Phi) is 5.60. The molecular formula is C22H12ClNO7S. The van der Waals surface area contributed by atoms with Gasteiger partial charge in [0.15, 0.2) is 0 Å². The molecule has 2 N–H and O–H groups in total. The molecule has 0 aliphatic carbocycles. The van der Waals surface area contributed by atoms with E-state index in [1.807, 2.05) is 0 Å². The van der Waals surface area contributed by atoms with Crippen molar-refractivity contribution in [3.8, 4) is 11.3 Å². The van der Waals surface area contributed by atoms with Gasteiger partial charge >= 0.3 is 11.9 Å². The lowest BCUT2D eigenvalue weighted by Crippen LogP contribution is -2.27. The van der Waals surface area contributed by atoms with E-state index >= 15 is 0 Å². The molecule has 3 aromatic rings. The summed E-state index contributed by atoms with van der Waals surface area (Å²) in [6.45, 7) is 0. The summed E-state index contributed by atoms with van der Waals surface area (Å²) in [6, 6.07) is 13.0. The number of carboxylic acid groups (broad SMARTS) is 2. The van der Waals surface area contributed by atoms with Gasteiger partial charge in [0.1, 0.15) is 11.5 Å². The first-order chi connectivity index (χ1) is 15.2. The first-order valence-electron chi connectivity index (χ1n) is 8.98. The molecule has 0 saturated carbocycles. The number of benzene rings is 2. The van der Waals surface area contributed by atoms with E-state index in [0.717, 1.165) is 22.7 Å². The van der Waals surface area contributed by atoms with Crippen LogP contribution in [0.1, 0.15) is 26.5 Å². The molecule has 0 atom stereocenters. The van der Waals surface area contributed by atoms with E-state index in [1.165, 1.54) is 36.4 Å². The molecule has 0 radical (unpaired) electrons. The number of nitrogens with zero attached hydrogens (tertiary/aromatic N) is 1. The highest BCUT2D eigenvalue weighted by molar-refractivity contribution is 8.19. The molecule has 10 heteroatoms. The normalized spacial score (nSPS) is 14.9. The number of carbonyl (C=O) groups is 4. The highest BCUT2D eigenvalue weighted by Gasteiger charge is 2.36. The number of rotatable bonds is 5. The third-order valence-corrected chi connectivity index (χ3v) is 5.58. The van der Waals surface area contributed by atoms with Gasteiger partial charge in [0.05, 0.1) is 21.7 Å². The molecule has 1 aliphatic rings. The Balaban J connectivity index is 1.65. The van der Waals surface area contributed by atoms with Gasteiger partial charge in [-0.3, -0.25) is 9.59 Å². The van der Waals surface area contributed by atoms with Crippen molar-refractivity contribution in [3.05, 3.63) is 81.4 Å². The minimum absolute atomic E-state index is 0.126. The van der Waals surface area contributed by atoms with Gasteiger partial charge in [-0.15, -0.1) is 0 Å². The molecule has 0 unspecified atom stereocenters. The van der Waals surface area contributed by atoms with E-state index in [4.69, 9.17) is 16.0 Å². The molecule has 1 aliphatic heterocycles. The average molecular weight is 470 g/mol. The third kappa shape index (κ3) is 4.16. The molecule has 160 valence electrons. The number of carbonyl (C=O) groups excluding carboxylic acids is 2. The smallest absolute Gasteiger partial charge is 0.335 e. The van der Waals surface area contributed by atoms with E-state index in [9.17, 15) is 29.4 Å². The van der Waals surface area contributed by atoms with Crippen LogP contribution < -0.4 is 4.90 Å². The van der Waals surface area contributed by atoms with Crippen molar-refractivity contribution in [2.24, 2.45) is 0 Å². The Morgan fingerprint density at radius 3 is 2.28 bits per heavy atom. The lowest BCUT2D eigenvalue weighted by Gasteiger charge is -2.12. The van der Waals surface area contributed by atoms with Crippen LogP contribution in [0.15, 0.2) is 63.9 Å². The third-order valence-electron chi connectivity index (χ3n) is 4.47. The van der Waals surface area contributed by atoms with Crippen LogP contribution in [0.5, 0.6) is 0 Å².